The van der Waals surface area contributed by atoms with E-state index in [4.69, 9.17) is 0 Å². The first-order chi connectivity index (χ1) is 22.1. The van der Waals surface area contributed by atoms with E-state index in [2.05, 4.69) is 181 Å². The van der Waals surface area contributed by atoms with E-state index in [1.807, 2.05) is 0 Å². The van der Waals surface area contributed by atoms with Crippen molar-refractivity contribution in [2.45, 2.75) is 99.8 Å². The SMILES string of the molecule is CC(C)c1cc2c(-c3ccc(C(C)(C)C)cc3)cccc2[cH-]1.Cc1cc2c(-c3ccc(C(C)(C)C)cc3)c(C)c(C)c(C)c2[cH-]1.Cl.Cl.[CH3-].[CH3-].[Si]=[Zr]. The second kappa shape index (κ2) is 19.7. The van der Waals surface area contributed by atoms with Gasteiger partial charge in [-0.1, -0.05) is 146 Å². The average Bonchev–Trinajstić information content (AvgIpc) is 3.65. The quantitative estimate of drug-likeness (QED) is 0.123. The van der Waals surface area contributed by atoms with Gasteiger partial charge in [0, 0.05) is 0 Å². The average molecular weight is 815 g/mol. The second-order valence-corrected chi connectivity index (χ2v) is 15.5. The molecular weight excluding hydrogens is 755 g/mol. The van der Waals surface area contributed by atoms with Crippen LogP contribution in [0.4, 0.5) is 0 Å². The zero-order chi connectivity index (χ0) is 34.8. The van der Waals surface area contributed by atoms with Crippen LogP contribution in [0.25, 0.3) is 43.8 Å². The van der Waals surface area contributed by atoms with E-state index in [0.29, 0.717) is 5.92 Å². The first-order valence-corrected chi connectivity index (χ1v) is 21.1. The summed E-state index contributed by atoms with van der Waals surface area (Å²) in [6, 6.07) is 34.2. The molecule has 6 rings (SSSR count). The molecule has 0 spiro atoms. The van der Waals surface area contributed by atoms with E-state index >= 15 is 0 Å². The predicted octanol–water partition coefficient (Wildman–Crippen LogP) is 14.8. The van der Waals surface area contributed by atoms with Gasteiger partial charge in [0.05, 0.1) is 0 Å². The minimum absolute atomic E-state index is 0. The molecule has 0 aliphatic heterocycles. The van der Waals surface area contributed by atoms with Gasteiger partial charge in [0.1, 0.15) is 0 Å². The van der Waals surface area contributed by atoms with Crippen LogP contribution in [0.2, 0.25) is 0 Å². The molecule has 0 amide bonds. The van der Waals surface area contributed by atoms with Crippen molar-refractivity contribution in [3.05, 3.63) is 145 Å². The molecule has 0 saturated heterocycles. The molecule has 0 aliphatic carbocycles. The van der Waals surface area contributed by atoms with Crippen LogP contribution in [-0.2, 0) is 34.2 Å². The van der Waals surface area contributed by atoms with E-state index < -0.39 is 0 Å². The summed E-state index contributed by atoms with van der Waals surface area (Å²) in [5.41, 5.74) is 15.6. The van der Waals surface area contributed by atoms with Gasteiger partial charge in [0.2, 0.25) is 0 Å². The first-order valence-electron chi connectivity index (χ1n) is 16.9. The molecule has 0 bridgehead atoms. The van der Waals surface area contributed by atoms with Gasteiger partial charge in [-0.05, 0) is 52.8 Å². The number of fused-ring (bicyclic) bond motifs is 2. The number of hydrogen-bond acceptors (Lipinski definition) is 0. The molecule has 51 heavy (non-hydrogen) atoms. The topological polar surface area (TPSA) is 0 Å². The Hall–Kier alpha value is -2.22. The molecule has 6 aromatic rings. The molecule has 6 aromatic carbocycles. The van der Waals surface area contributed by atoms with Crippen molar-refractivity contribution in [3.63, 3.8) is 0 Å². The molecule has 0 aromatic heterocycles. The summed E-state index contributed by atoms with van der Waals surface area (Å²) in [7, 11) is 0. The van der Waals surface area contributed by atoms with Gasteiger partial charge in [-0.2, -0.15) is 12.1 Å². The van der Waals surface area contributed by atoms with Crippen molar-refractivity contribution in [2.75, 3.05) is 0 Å². The molecule has 0 fully saturated rings. The number of benzene rings is 4. The van der Waals surface area contributed by atoms with Gasteiger partial charge < -0.3 is 14.9 Å². The Bertz CT molecular complexity index is 1980. The molecule has 0 atom stereocenters. The van der Waals surface area contributed by atoms with Gasteiger partial charge in [0.25, 0.3) is 0 Å². The van der Waals surface area contributed by atoms with Crippen LogP contribution < -0.4 is 0 Å². The van der Waals surface area contributed by atoms with E-state index in [1.165, 1.54) is 106 Å². The van der Waals surface area contributed by atoms with Crippen molar-refractivity contribution in [1.82, 2.24) is 0 Å². The van der Waals surface area contributed by atoms with E-state index in [-0.39, 0.29) is 50.5 Å². The molecule has 0 unspecified atom stereocenters. The Morgan fingerprint density at radius 2 is 1.08 bits per heavy atom. The van der Waals surface area contributed by atoms with Crippen molar-refractivity contribution < 1.29 is 23.3 Å². The van der Waals surface area contributed by atoms with Crippen molar-refractivity contribution in [2.24, 2.45) is 0 Å². The Morgan fingerprint density at radius 3 is 1.55 bits per heavy atom. The maximum absolute atomic E-state index is 3.06. The summed E-state index contributed by atoms with van der Waals surface area (Å²) in [6.45, 7) is 30.1. The third kappa shape index (κ3) is 10.9. The molecule has 0 heterocycles. The van der Waals surface area contributed by atoms with E-state index in [9.17, 15) is 0 Å². The molecule has 0 saturated carbocycles. The number of rotatable bonds is 3. The van der Waals surface area contributed by atoms with Crippen LogP contribution in [-0.4, -0.2) is 6.88 Å². The normalized spacial score (nSPS) is 10.8. The Balaban J connectivity index is 0.000000870. The summed E-state index contributed by atoms with van der Waals surface area (Å²) in [6.07, 6.45) is 0. The monoisotopic (exact) mass is 812 g/mol. The van der Waals surface area contributed by atoms with E-state index in [0.717, 1.165) is 0 Å². The zero-order valence-electron chi connectivity index (χ0n) is 33.6. The first kappa shape index (κ1) is 48.8. The van der Waals surface area contributed by atoms with Gasteiger partial charge in [-0.3, -0.25) is 0 Å². The van der Waals surface area contributed by atoms with Crippen LogP contribution in [0.3, 0.4) is 0 Å². The molecule has 0 N–H and O–H groups in total. The van der Waals surface area contributed by atoms with Crippen molar-refractivity contribution >= 4 is 53.2 Å². The second-order valence-electron chi connectivity index (χ2n) is 15.5. The molecule has 4 heteroatoms. The standard InChI is InChI=1S/C23H27.C22H25.2CH3.2ClH.Si.Zr/c1-14-12-20-16(3)15(2)17(4)22(21(20)13-14)18-8-10-19(11-9-18)23(5,6)7;1-15(2)18-13-17-7-6-8-20(21(17)14-18)16-9-11-19(12-10-16)22(3,4)5;;;;;;/h8-13H,1-7H3;6-15H,1-5H3;2*1H3;2*1H;;/q4*-1;;;;. The third-order valence-corrected chi connectivity index (χ3v) is 9.75. The van der Waals surface area contributed by atoms with Gasteiger partial charge in [0.15, 0.2) is 0 Å². The molecule has 274 valence electrons. The molecule has 2 radical (unpaired) electrons. The van der Waals surface area contributed by atoms with E-state index in [1.54, 1.807) is 0 Å². The number of halogens is 2. The van der Waals surface area contributed by atoms with Crippen molar-refractivity contribution in [3.8, 4) is 22.3 Å². The van der Waals surface area contributed by atoms with Crippen molar-refractivity contribution in [1.29, 1.82) is 0 Å². The summed E-state index contributed by atoms with van der Waals surface area (Å²) in [5.74, 6) is 0.573. The van der Waals surface area contributed by atoms with Crippen LogP contribution in [0, 0.1) is 42.5 Å². The fourth-order valence-corrected chi connectivity index (χ4v) is 6.54. The maximum atomic E-state index is 3.06. The molecule has 0 nitrogen and oxygen atoms in total. The van der Waals surface area contributed by atoms with Crippen LogP contribution in [0.15, 0.2) is 91.0 Å². The number of aryl methyl sites for hydroxylation is 2. The Kier molecular flexibility index (Phi) is 18.9. The summed E-state index contributed by atoms with van der Waals surface area (Å²) in [4.78, 5) is 0. The number of hydrogen-bond donors (Lipinski definition) is 0. The summed E-state index contributed by atoms with van der Waals surface area (Å²) >= 11 is 1.36. The molecule has 0 aliphatic rings. The summed E-state index contributed by atoms with van der Waals surface area (Å²) in [5, 5.41) is 5.52. The fourth-order valence-electron chi connectivity index (χ4n) is 6.54. The van der Waals surface area contributed by atoms with Gasteiger partial charge in [-0.15, -0.1) is 87.3 Å². The minimum atomic E-state index is 0. The third-order valence-electron chi connectivity index (χ3n) is 9.75. The molecular formula is C47H60Cl2SiZr-4. The fraction of sp³-hybridized carbons (Fsp3) is 0.319. The van der Waals surface area contributed by atoms with Gasteiger partial charge in [-0.25, -0.2) is 0 Å². The summed E-state index contributed by atoms with van der Waals surface area (Å²) < 4.78 is 0. The zero-order valence-corrected chi connectivity index (χ0v) is 38.6. The van der Waals surface area contributed by atoms with Gasteiger partial charge >= 0.3 is 30.2 Å². The van der Waals surface area contributed by atoms with Crippen LogP contribution >= 0.6 is 24.8 Å². The van der Waals surface area contributed by atoms with Crippen LogP contribution in [0.1, 0.15) is 100 Å². The predicted molar refractivity (Wildman–Crippen MR) is 233 cm³/mol. The Morgan fingerprint density at radius 1 is 0.588 bits per heavy atom. The van der Waals surface area contributed by atoms with Crippen LogP contribution in [0.5, 0.6) is 0 Å². The Labute approximate surface area is 341 Å².